The van der Waals surface area contributed by atoms with Crippen LogP contribution in [0.5, 0.6) is 0 Å². The van der Waals surface area contributed by atoms with Gasteiger partial charge in [-0.1, -0.05) is 6.07 Å². The van der Waals surface area contributed by atoms with Crippen molar-refractivity contribution < 1.29 is 13.9 Å². The molecular formula is C16H17BrFN3O2S. The quantitative estimate of drug-likeness (QED) is 0.728. The van der Waals surface area contributed by atoms with Gasteiger partial charge in [0, 0.05) is 18.8 Å². The van der Waals surface area contributed by atoms with Gasteiger partial charge in [0.25, 0.3) is 5.91 Å². The Labute approximate surface area is 153 Å². The molecule has 128 valence electrons. The van der Waals surface area contributed by atoms with Crippen molar-refractivity contribution in [2.75, 3.05) is 26.3 Å². The predicted octanol–water partition coefficient (Wildman–Crippen LogP) is 2.24. The third-order valence-corrected chi connectivity index (χ3v) is 4.90. The third-order valence-electron chi connectivity index (χ3n) is 4.07. The maximum absolute atomic E-state index is 13.6. The van der Waals surface area contributed by atoms with Crippen LogP contribution in [0.15, 0.2) is 33.9 Å². The second-order valence-electron chi connectivity index (χ2n) is 5.65. The molecule has 0 aromatic heterocycles. The molecule has 8 heteroatoms. The number of benzene rings is 1. The fourth-order valence-corrected chi connectivity index (χ4v) is 3.52. The topological polar surface area (TPSA) is 53.6 Å². The number of thiocarbonyl (C=S) groups is 1. The first-order valence-electron chi connectivity index (χ1n) is 7.57. The van der Waals surface area contributed by atoms with Crippen LogP contribution in [0.2, 0.25) is 0 Å². The molecule has 1 unspecified atom stereocenters. The van der Waals surface area contributed by atoms with Crippen LogP contribution >= 0.6 is 28.1 Å². The van der Waals surface area contributed by atoms with E-state index in [9.17, 15) is 9.18 Å². The minimum atomic E-state index is -0.425. The normalized spacial score (nSPS) is 21.4. The zero-order chi connectivity index (χ0) is 17.3. The molecule has 1 atom stereocenters. The molecule has 2 aliphatic heterocycles. The summed E-state index contributed by atoms with van der Waals surface area (Å²) in [6.07, 6.45) is 0. The molecule has 0 spiro atoms. The van der Waals surface area contributed by atoms with E-state index in [0.29, 0.717) is 47.2 Å². The largest absolute Gasteiger partial charge is 0.378 e. The van der Waals surface area contributed by atoms with E-state index in [1.54, 1.807) is 17.0 Å². The van der Waals surface area contributed by atoms with Crippen molar-refractivity contribution in [1.29, 1.82) is 0 Å². The van der Waals surface area contributed by atoms with Crippen LogP contribution in [0.4, 0.5) is 4.39 Å². The van der Waals surface area contributed by atoms with Crippen LogP contribution in [0, 0.1) is 5.82 Å². The van der Waals surface area contributed by atoms with Gasteiger partial charge >= 0.3 is 0 Å². The van der Waals surface area contributed by atoms with E-state index in [0.717, 1.165) is 5.56 Å². The Morgan fingerprint density at radius 2 is 2.12 bits per heavy atom. The van der Waals surface area contributed by atoms with Crippen molar-refractivity contribution in [3.63, 3.8) is 0 Å². The van der Waals surface area contributed by atoms with Gasteiger partial charge in [0.2, 0.25) is 0 Å². The molecule has 2 aliphatic rings. The van der Waals surface area contributed by atoms with Crippen LogP contribution in [0.3, 0.4) is 0 Å². The summed E-state index contributed by atoms with van der Waals surface area (Å²) < 4.78 is 19.2. The monoisotopic (exact) mass is 413 g/mol. The Morgan fingerprint density at radius 1 is 1.42 bits per heavy atom. The summed E-state index contributed by atoms with van der Waals surface area (Å²) in [5.74, 6) is -0.416. The number of morpholine rings is 1. The Bertz CT molecular complexity index is 719. The fraction of sp³-hybridized carbons (Fsp3) is 0.375. The molecule has 2 heterocycles. The second-order valence-corrected chi connectivity index (χ2v) is 6.91. The van der Waals surface area contributed by atoms with Crippen LogP contribution in [-0.4, -0.2) is 42.2 Å². The third kappa shape index (κ3) is 3.45. The molecule has 1 fully saturated rings. The summed E-state index contributed by atoms with van der Waals surface area (Å²) in [4.78, 5) is 14.8. The van der Waals surface area contributed by atoms with Gasteiger partial charge in [-0.2, -0.15) is 0 Å². The molecule has 2 N–H and O–H groups in total. The van der Waals surface area contributed by atoms with Crippen LogP contribution in [0.1, 0.15) is 18.5 Å². The number of rotatable bonds is 2. The number of ether oxygens (including phenoxy) is 1. The molecule has 0 saturated carbocycles. The van der Waals surface area contributed by atoms with Crippen LogP contribution in [-0.2, 0) is 9.53 Å². The van der Waals surface area contributed by atoms with E-state index < -0.39 is 6.04 Å². The highest BCUT2D eigenvalue weighted by molar-refractivity contribution is 9.10. The zero-order valence-electron chi connectivity index (χ0n) is 13.1. The van der Waals surface area contributed by atoms with Crippen LogP contribution in [0.25, 0.3) is 0 Å². The molecule has 1 aromatic rings. The average molecular weight is 414 g/mol. The Morgan fingerprint density at radius 3 is 2.79 bits per heavy atom. The van der Waals surface area contributed by atoms with E-state index in [1.807, 2.05) is 6.92 Å². The average Bonchev–Trinajstić information content (AvgIpc) is 2.57. The lowest BCUT2D eigenvalue weighted by Gasteiger charge is -2.35. The molecule has 0 radical (unpaired) electrons. The first kappa shape index (κ1) is 17.3. The minimum absolute atomic E-state index is 0.0660. The summed E-state index contributed by atoms with van der Waals surface area (Å²) in [6, 6.07) is 4.27. The molecule has 5 nitrogen and oxygen atoms in total. The van der Waals surface area contributed by atoms with Gasteiger partial charge < -0.3 is 20.3 Å². The molecule has 1 amide bonds. The molecule has 1 aromatic carbocycles. The van der Waals surface area contributed by atoms with E-state index in [4.69, 9.17) is 17.0 Å². The van der Waals surface area contributed by atoms with Gasteiger partial charge in [-0.25, -0.2) is 4.39 Å². The summed E-state index contributed by atoms with van der Waals surface area (Å²) in [5.41, 5.74) is 2.06. The number of amides is 1. The fourth-order valence-electron chi connectivity index (χ4n) is 2.86. The van der Waals surface area contributed by atoms with Gasteiger partial charge in [-0.05, 0) is 52.8 Å². The molecule has 0 aliphatic carbocycles. The highest BCUT2D eigenvalue weighted by atomic mass is 79.9. The lowest BCUT2D eigenvalue weighted by atomic mass is 9.94. The van der Waals surface area contributed by atoms with E-state index in [-0.39, 0.29) is 11.7 Å². The Hall–Kier alpha value is -1.51. The van der Waals surface area contributed by atoms with Crippen molar-refractivity contribution >= 4 is 39.2 Å². The smallest absolute Gasteiger partial charge is 0.254 e. The summed E-state index contributed by atoms with van der Waals surface area (Å²) in [7, 11) is 0. The molecule has 0 bridgehead atoms. The molecular weight excluding hydrogens is 397 g/mol. The standard InChI is InChI=1S/C16H17BrFN3O2S/c1-9-13(15(22)21-4-6-23-7-5-21)14(20-16(24)19-9)10-2-3-12(18)11(17)8-10/h2-3,8,14H,4-7H2,1H3,(H2,19,20,24). The second kappa shape index (κ2) is 7.16. The zero-order valence-corrected chi connectivity index (χ0v) is 15.5. The lowest BCUT2D eigenvalue weighted by Crippen LogP contribution is -2.49. The van der Waals surface area contributed by atoms with Gasteiger partial charge in [0.15, 0.2) is 5.11 Å². The number of carbonyl (C=O) groups excluding carboxylic acids is 1. The van der Waals surface area contributed by atoms with Gasteiger partial charge in [-0.3, -0.25) is 4.79 Å². The molecule has 1 saturated heterocycles. The number of carbonyl (C=O) groups is 1. The molecule has 24 heavy (non-hydrogen) atoms. The van der Waals surface area contributed by atoms with Gasteiger partial charge in [0.1, 0.15) is 5.82 Å². The number of nitrogens with zero attached hydrogens (tertiary/aromatic N) is 1. The summed E-state index contributed by atoms with van der Waals surface area (Å²) >= 11 is 8.42. The highest BCUT2D eigenvalue weighted by Crippen LogP contribution is 2.30. The first-order chi connectivity index (χ1) is 11.5. The van der Waals surface area contributed by atoms with Crippen molar-refractivity contribution in [3.05, 3.63) is 45.3 Å². The Kier molecular flexibility index (Phi) is 5.17. The SMILES string of the molecule is CC1=C(C(=O)N2CCOCC2)C(c2ccc(F)c(Br)c2)NC(=S)N1. The number of hydrogen-bond acceptors (Lipinski definition) is 3. The van der Waals surface area contributed by atoms with Crippen molar-refractivity contribution in [3.8, 4) is 0 Å². The van der Waals surface area contributed by atoms with Crippen molar-refractivity contribution in [1.82, 2.24) is 15.5 Å². The van der Waals surface area contributed by atoms with Gasteiger partial charge in [-0.15, -0.1) is 0 Å². The van der Waals surface area contributed by atoms with Crippen molar-refractivity contribution in [2.24, 2.45) is 0 Å². The predicted molar refractivity (Wildman–Crippen MR) is 95.8 cm³/mol. The molecule has 3 rings (SSSR count). The minimum Gasteiger partial charge on any atom is -0.378 e. The van der Waals surface area contributed by atoms with Crippen molar-refractivity contribution in [2.45, 2.75) is 13.0 Å². The van der Waals surface area contributed by atoms with Gasteiger partial charge in [0.05, 0.1) is 29.3 Å². The van der Waals surface area contributed by atoms with E-state index in [1.165, 1.54) is 6.07 Å². The number of halogens is 2. The maximum Gasteiger partial charge on any atom is 0.254 e. The summed E-state index contributed by atoms with van der Waals surface area (Å²) in [6.45, 7) is 4.00. The van der Waals surface area contributed by atoms with Crippen LogP contribution < -0.4 is 10.6 Å². The number of nitrogens with one attached hydrogen (secondary N) is 2. The number of allylic oxidation sites excluding steroid dienone is 1. The summed E-state index contributed by atoms with van der Waals surface area (Å²) in [5, 5.41) is 6.57. The lowest BCUT2D eigenvalue weighted by molar-refractivity contribution is -0.131. The number of hydrogen-bond donors (Lipinski definition) is 2. The van der Waals surface area contributed by atoms with E-state index >= 15 is 0 Å². The van der Waals surface area contributed by atoms with E-state index in [2.05, 4.69) is 26.6 Å². The Balaban J connectivity index is 1.98. The first-order valence-corrected chi connectivity index (χ1v) is 8.77. The highest BCUT2D eigenvalue weighted by Gasteiger charge is 2.33. The maximum atomic E-state index is 13.6.